The summed E-state index contributed by atoms with van der Waals surface area (Å²) in [6.45, 7) is 0. The molecule has 0 atom stereocenters. The molecule has 0 nitrogen and oxygen atoms in total. The third-order valence-corrected chi connectivity index (χ3v) is 3.70. The first-order valence-corrected chi connectivity index (χ1v) is 6.51. The van der Waals surface area contributed by atoms with Crippen LogP contribution >= 0.6 is 0 Å². The van der Waals surface area contributed by atoms with Gasteiger partial charge in [-0.2, -0.15) is 0 Å². The molecule has 0 saturated heterocycles. The standard InChI is InChI=1S/C12H13.3ClH.Zr/c1-10(11-6-2-3-7-11)12-8-4-5-9-12;;;;/h2-6,8,10H,1,7,9H2;3*1H;/q;;;;+3/p-3. The molecule has 2 aliphatic carbocycles. The van der Waals surface area contributed by atoms with Crippen LogP contribution < -0.4 is 37.2 Å². The predicted molar refractivity (Wildman–Crippen MR) is 52.0 cm³/mol. The zero-order valence-corrected chi connectivity index (χ0v) is 13.5. The maximum absolute atomic E-state index is 2.30. The van der Waals surface area contributed by atoms with Gasteiger partial charge >= 0.3 is 95.2 Å². The van der Waals surface area contributed by atoms with Gasteiger partial charge in [-0.25, -0.2) is 0 Å². The fraction of sp³-hybridized carbons (Fsp3) is 0.333. The van der Waals surface area contributed by atoms with E-state index in [-0.39, 0.29) is 37.2 Å². The van der Waals surface area contributed by atoms with Crippen molar-refractivity contribution in [3.05, 3.63) is 47.6 Å². The van der Waals surface area contributed by atoms with E-state index in [2.05, 4.69) is 36.5 Å². The summed E-state index contributed by atoms with van der Waals surface area (Å²) < 4.78 is 1.33. The van der Waals surface area contributed by atoms with Crippen LogP contribution in [-0.2, 0) is 24.7 Å². The van der Waals surface area contributed by atoms with E-state index in [0.29, 0.717) is 0 Å². The SMILES string of the molecule is [Cl-].[Cl-].[Cl-].[Zr+3][CH2]C(C1=CC=CC1)C1=CC=CC1. The molecule has 0 aromatic rings. The van der Waals surface area contributed by atoms with Gasteiger partial charge in [0.15, 0.2) is 0 Å². The van der Waals surface area contributed by atoms with Crippen molar-refractivity contribution in [3.63, 3.8) is 0 Å². The van der Waals surface area contributed by atoms with Crippen molar-refractivity contribution < 1.29 is 61.9 Å². The summed E-state index contributed by atoms with van der Waals surface area (Å²) in [7, 11) is 0. The van der Waals surface area contributed by atoms with Crippen LogP contribution in [0.3, 0.4) is 0 Å². The molecule has 0 bridgehead atoms. The molecule has 0 heterocycles. The van der Waals surface area contributed by atoms with Crippen molar-refractivity contribution in [3.8, 4) is 0 Å². The quantitative estimate of drug-likeness (QED) is 0.474. The van der Waals surface area contributed by atoms with Crippen LogP contribution in [0.2, 0.25) is 4.13 Å². The van der Waals surface area contributed by atoms with Crippen LogP contribution in [-0.4, -0.2) is 0 Å². The molecular weight excluding hydrogens is 342 g/mol. The normalized spacial score (nSPS) is 16.2. The Morgan fingerprint density at radius 2 is 1.38 bits per heavy atom. The van der Waals surface area contributed by atoms with Gasteiger partial charge in [0.2, 0.25) is 0 Å². The van der Waals surface area contributed by atoms with E-state index >= 15 is 0 Å². The van der Waals surface area contributed by atoms with Gasteiger partial charge in [-0.1, -0.05) is 0 Å². The van der Waals surface area contributed by atoms with Gasteiger partial charge in [0, 0.05) is 0 Å². The van der Waals surface area contributed by atoms with Gasteiger partial charge < -0.3 is 37.2 Å². The minimum absolute atomic E-state index is 0. The maximum atomic E-state index is 2.30. The summed E-state index contributed by atoms with van der Waals surface area (Å²) in [6, 6.07) is 0. The molecule has 16 heavy (non-hydrogen) atoms. The third kappa shape index (κ3) is 4.53. The van der Waals surface area contributed by atoms with E-state index in [1.807, 2.05) is 0 Å². The van der Waals surface area contributed by atoms with Crippen LogP contribution in [0, 0.1) is 5.92 Å². The van der Waals surface area contributed by atoms with E-state index in [9.17, 15) is 0 Å². The van der Waals surface area contributed by atoms with Gasteiger partial charge in [-0.15, -0.1) is 0 Å². The Balaban J connectivity index is 0. The van der Waals surface area contributed by atoms with Crippen molar-refractivity contribution in [2.75, 3.05) is 0 Å². The monoisotopic (exact) mass is 352 g/mol. The fourth-order valence-corrected chi connectivity index (χ4v) is 3.23. The minimum atomic E-state index is 0. The fourth-order valence-electron chi connectivity index (χ4n) is 1.94. The van der Waals surface area contributed by atoms with Crippen molar-refractivity contribution >= 4 is 0 Å². The van der Waals surface area contributed by atoms with Crippen LogP contribution in [0.15, 0.2) is 47.6 Å². The Bertz CT molecular complexity index is 286. The Hall–Kier alpha value is 0.713. The topological polar surface area (TPSA) is 0 Å². The molecule has 0 radical (unpaired) electrons. The molecule has 2 aliphatic rings. The first-order valence-electron chi connectivity index (χ1n) is 4.77. The van der Waals surface area contributed by atoms with Gasteiger partial charge in [-0.3, -0.25) is 0 Å². The number of allylic oxidation sites excluding steroid dienone is 8. The van der Waals surface area contributed by atoms with E-state index in [1.165, 1.54) is 17.0 Å². The number of hydrogen-bond acceptors (Lipinski definition) is 0. The molecule has 0 amide bonds. The second kappa shape index (κ2) is 9.71. The molecular formula is C12H13Cl3Zr. The van der Waals surface area contributed by atoms with Gasteiger partial charge in [0.05, 0.1) is 0 Å². The second-order valence-corrected chi connectivity index (χ2v) is 4.51. The third-order valence-electron chi connectivity index (χ3n) is 2.70. The molecule has 0 spiro atoms. The Morgan fingerprint density at radius 3 is 1.62 bits per heavy atom. The molecule has 2 rings (SSSR count). The Kier molecular flexibility index (Phi) is 11.6. The first kappa shape index (κ1) is 19.1. The summed E-state index contributed by atoms with van der Waals surface area (Å²) in [5, 5.41) is 0. The number of hydrogen-bond donors (Lipinski definition) is 0. The summed E-state index contributed by atoms with van der Waals surface area (Å²) in [5.41, 5.74) is 3.23. The van der Waals surface area contributed by atoms with E-state index in [4.69, 9.17) is 0 Å². The van der Waals surface area contributed by atoms with Crippen molar-refractivity contribution in [1.82, 2.24) is 0 Å². The molecule has 86 valence electrons. The van der Waals surface area contributed by atoms with Gasteiger partial charge in [-0.05, 0) is 0 Å². The molecule has 0 saturated carbocycles. The number of halogens is 3. The molecule has 0 fully saturated rings. The average molecular weight is 355 g/mol. The van der Waals surface area contributed by atoms with Crippen LogP contribution in [0.5, 0.6) is 0 Å². The van der Waals surface area contributed by atoms with Gasteiger partial charge in [0.1, 0.15) is 0 Å². The van der Waals surface area contributed by atoms with E-state index in [0.717, 1.165) is 5.92 Å². The van der Waals surface area contributed by atoms with E-state index in [1.54, 1.807) is 35.9 Å². The molecule has 4 heteroatoms. The van der Waals surface area contributed by atoms with Crippen molar-refractivity contribution in [1.29, 1.82) is 0 Å². The van der Waals surface area contributed by atoms with Crippen LogP contribution in [0.4, 0.5) is 0 Å². The summed E-state index contributed by atoms with van der Waals surface area (Å²) in [4.78, 5) is 0. The molecule has 0 aromatic carbocycles. The van der Waals surface area contributed by atoms with Gasteiger partial charge in [0.25, 0.3) is 0 Å². The Morgan fingerprint density at radius 1 is 0.938 bits per heavy atom. The molecule has 0 aromatic heterocycles. The summed E-state index contributed by atoms with van der Waals surface area (Å²) in [5.74, 6) is 0.739. The summed E-state index contributed by atoms with van der Waals surface area (Å²) >= 11 is 1.65. The number of rotatable bonds is 3. The second-order valence-electron chi connectivity index (χ2n) is 3.50. The van der Waals surface area contributed by atoms with Crippen LogP contribution in [0.1, 0.15) is 12.8 Å². The zero-order chi connectivity index (χ0) is 9.10. The van der Waals surface area contributed by atoms with Crippen LogP contribution in [0.25, 0.3) is 0 Å². The van der Waals surface area contributed by atoms with Crippen molar-refractivity contribution in [2.24, 2.45) is 5.92 Å². The molecule has 0 unspecified atom stereocenters. The average Bonchev–Trinajstić information content (AvgIpc) is 2.76. The first-order chi connectivity index (χ1) is 6.42. The predicted octanol–water partition coefficient (Wildman–Crippen LogP) is -5.65. The van der Waals surface area contributed by atoms with E-state index < -0.39 is 0 Å². The zero-order valence-electron chi connectivity index (χ0n) is 8.80. The Labute approximate surface area is 131 Å². The van der Waals surface area contributed by atoms with Crippen molar-refractivity contribution in [2.45, 2.75) is 17.0 Å². The molecule has 0 N–H and O–H groups in total. The molecule has 0 aliphatic heterocycles. The summed E-state index contributed by atoms with van der Waals surface area (Å²) in [6.07, 6.45) is 15.9.